The van der Waals surface area contributed by atoms with E-state index >= 15 is 0 Å². The summed E-state index contributed by atoms with van der Waals surface area (Å²) in [6, 6.07) is 14.5. The molecule has 3 aromatic rings. The summed E-state index contributed by atoms with van der Waals surface area (Å²) in [5, 5.41) is 4.13. The molecule has 0 aliphatic heterocycles. The van der Waals surface area contributed by atoms with Crippen molar-refractivity contribution in [2.75, 3.05) is 5.75 Å². The lowest BCUT2D eigenvalue weighted by molar-refractivity contribution is 0.0927. The van der Waals surface area contributed by atoms with E-state index in [4.69, 9.17) is 4.98 Å². The van der Waals surface area contributed by atoms with Crippen molar-refractivity contribution in [3.8, 4) is 0 Å². The van der Waals surface area contributed by atoms with Crippen LogP contribution < -0.4 is 10.9 Å². The summed E-state index contributed by atoms with van der Waals surface area (Å²) in [6.07, 6.45) is 6.35. The summed E-state index contributed by atoms with van der Waals surface area (Å²) in [6.45, 7) is 4.76. The fourth-order valence-electron chi connectivity index (χ4n) is 4.39. The second-order valence-electron chi connectivity index (χ2n) is 9.65. The Morgan fingerprint density at radius 3 is 2.51 bits per heavy atom. The van der Waals surface area contributed by atoms with E-state index in [1.54, 1.807) is 34.9 Å². The molecule has 0 radical (unpaired) electrons. The molecule has 0 saturated heterocycles. The van der Waals surface area contributed by atoms with Gasteiger partial charge in [-0.15, -0.1) is 0 Å². The van der Waals surface area contributed by atoms with Gasteiger partial charge in [0.2, 0.25) is 0 Å². The summed E-state index contributed by atoms with van der Waals surface area (Å²) in [4.78, 5) is 43.7. The molecule has 35 heavy (non-hydrogen) atoms. The quantitative estimate of drug-likeness (QED) is 0.244. The van der Waals surface area contributed by atoms with E-state index in [2.05, 4.69) is 19.2 Å². The Balaban J connectivity index is 1.62. The minimum Gasteiger partial charge on any atom is -0.349 e. The number of carbonyl (C=O) groups excluding carboxylic acids is 2. The molecular weight excluding hydrogens is 458 g/mol. The zero-order valence-electron chi connectivity index (χ0n) is 20.5. The van der Waals surface area contributed by atoms with E-state index in [9.17, 15) is 14.4 Å². The van der Waals surface area contributed by atoms with Gasteiger partial charge in [-0.25, -0.2) is 4.98 Å². The van der Waals surface area contributed by atoms with Gasteiger partial charge in [-0.05, 0) is 43.4 Å². The minimum absolute atomic E-state index is 0.0130. The molecule has 6 nitrogen and oxygen atoms in total. The molecule has 0 unspecified atom stereocenters. The van der Waals surface area contributed by atoms with Crippen molar-refractivity contribution in [3.63, 3.8) is 0 Å². The Morgan fingerprint density at radius 2 is 1.80 bits per heavy atom. The number of nitrogens with one attached hydrogen (secondary N) is 1. The molecule has 1 aliphatic rings. The van der Waals surface area contributed by atoms with Crippen LogP contribution in [-0.4, -0.2) is 33.0 Å². The molecule has 1 aliphatic carbocycles. The number of benzene rings is 2. The van der Waals surface area contributed by atoms with Crippen LogP contribution in [0.25, 0.3) is 10.9 Å². The Bertz CT molecular complexity index is 1250. The van der Waals surface area contributed by atoms with Gasteiger partial charge in [0, 0.05) is 23.7 Å². The fraction of sp³-hybridized carbons (Fsp3) is 0.429. The van der Waals surface area contributed by atoms with Gasteiger partial charge in [-0.2, -0.15) is 0 Å². The summed E-state index contributed by atoms with van der Waals surface area (Å²) in [5.74, 6) is 0.470. The Hall–Kier alpha value is -2.93. The standard InChI is InChI=1S/C28H33N3O3S/c1-19(2)15-16-31-27(34)23-14-13-21(26(33)29-22-11-7-4-8-12-22)17-24(23)30-28(31)35-18-25(32)20-9-5-3-6-10-20/h3,5-6,9-10,13-14,17,19,22H,4,7-8,11-12,15-16,18H2,1-2H3,(H,29,33). The predicted octanol–water partition coefficient (Wildman–Crippen LogP) is 5.48. The second kappa shape index (κ2) is 11.7. The van der Waals surface area contributed by atoms with Gasteiger partial charge < -0.3 is 5.32 Å². The molecule has 1 fully saturated rings. The predicted molar refractivity (Wildman–Crippen MR) is 141 cm³/mol. The van der Waals surface area contributed by atoms with Crippen LogP contribution in [0.5, 0.6) is 0 Å². The average molecular weight is 492 g/mol. The van der Waals surface area contributed by atoms with Crippen molar-refractivity contribution in [2.24, 2.45) is 5.92 Å². The fourth-order valence-corrected chi connectivity index (χ4v) is 5.31. The number of carbonyl (C=O) groups is 2. The van der Waals surface area contributed by atoms with E-state index in [-0.39, 0.29) is 29.0 Å². The monoisotopic (exact) mass is 491 g/mol. The molecule has 0 atom stereocenters. The van der Waals surface area contributed by atoms with Crippen molar-refractivity contribution >= 4 is 34.4 Å². The highest BCUT2D eigenvalue weighted by molar-refractivity contribution is 7.99. The molecular formula is C28H33N3O3S. The molecule has 1 amide bonds. The number of nitrogens with zero attached hydrogens (tertiary/aromatic N) is 2. The number of aromatic nitrogens is 2. The summed E-state index contributed by atoms with van der Waals surface area (Å²) < 4.78 is 1.67. The number of hydrogen-bond acceptors (Lipinski definition) is 5. The van der Waals surface area contributed by atoms with Gasteiger partial charge in [0.25, 0.3) is 11.5 Å². The van der Waals surface area contributed by atoms with Crippen LogP contribution in [0.2, 0.25) is 0 Å². The van der Waals surface area contributed by atoms with Crippen LogP contribution in [0.4, 0.5) is 0 Å². The van der Waals surface area contributed by atoms with Gasteiger partial charge in [-0.1, -0.05) is 75.2 Å². The largest absolute Gasteiger partial charge is 0.349 e. The van der Waals surface area contributed by atoms with Crippen molar-refractivity contribution in [3.05, 3.63) is 70.0 Å². The van der Waals surface area contributed by atoms with E-state index in [0.717, 1.165) is 32.1 Å². The maximum Gasteiger partial charge on any atom is 0.262 e. The zero-order valence-corrected chi connectivity index (χ0v) is 21.3. The van der Waals surface area contributed by atoms with Crippen LogP contribution in [0, 0.1) is 5.92 Å². The number of rotatable bonds is 9. The van der Waals surface area contributed by atoms with E-state index < -0.39 is 0 Å². The van der Waals surface area contributed by atoms with Crippen LogP contribution in [0.15, 0.2) is 58.5 Å². The Kier molecular flexibility index (Phi) is 8.39. The van der Waals surface area contributed by atoms with Gasteiger partial charge in [-0.3, -0.25) is 19.0 Å². The first-order valence-corrected chi connectivity index (χ1v) is 13.5. The Morgan fingerprint density at radius 1 is 1.06 bits per heavy atom. The highest BCUT2D eigenvalue weighted by Crippen LogP contribution is 2.22. The summed E-state index contributed by atoms with van der Waals surface area (Å²) in [7, 11) is 0. The second-order valence-corrected chi connectivity index (χ2v) is 10.6. The van der Waals surface area contributed by atoms with Crippen molar-refractivity contribution in [1.82, 2.24) is 14.9 Å². The average Bonchev–Trinajstić information content (AvgIpc) is 2.87. The highest BCUT2D eigenvalue weighted by atomic mass is 32.2. The van der Waals surface area contributed by atoms with Crippen molar-refractivity contribution in [2.45, 2.75) is 70.1 Å². The van der Waals surface area contributed by atoms with E-state index in [1.807, 2.05) is 18.2 Å². The molecule has 1 N–H and O–H groups in total. The first kappa shape index (κ1) is 25.2. The molecule has 1 aromatic heterocycles. The molecule has 1 saturated carbocycles. The summed E-state index contributed by atoms with van der Waals surface area (Å²) in [5.41, 5.74) is 1.50. The Labute approximate surface area is 210 Å². The highest BCUT2D eigenvalue weighted by Gasteiger charge is 2.19. The van der Waals surface area contributed by atoms with Crippen LogP contribution in [0.1, 0.15) is 73.1 Å². The third-order valence-corrected chi connectivity index (χ3v) is 7.46. The molecule has 4 rings (SSSR count). The molecule has 7 heteroatoms. The number of fused-ring (bicyclic) bond motifs is 1. The van der Waals surface area contributed by atoms with Gasteiger partial charge in [0.05, 0.1) is 16.7 Å². The number of hydrogen-bond donors (Lipinski definition) is 1. The SMILES string of the molecule is CC(C)CCn1c(SCC(=O)c2ccccc2)nc2cc(C(=O)NC3CCCCC3)ccc2c1=O. The first-order chi connectivity index (χ1) is 16.9. The molecule has 2 aromatic carbocycles. The van der Waals surface area contributed by atoms with Gasteiger partial charge >= 0.3 is 0 Å². The molecule has 184 valence electrons. The van der Waals surface area contributed by atoms with Crippen molar-refractivity contribution < 1.29 is 9.59 Å². The summed E-state index contributed by atoms with van der Waals surface area (Å²) >= 11 is 1.28. The van der Waals surface area contributed by atoms with E-state index in [0.29, 0.717) is 39.6 Å². The molecule has 0 spiro atoms. The molecule has 0 bridgehead atoms. The first-order valence-electron chi connectivity index (χ1n) is 12.5. The molecule has 1 heterocycles. The minimum atomic E-state index is -0.135. The maximum atomic E-state index is 13.4. The number of amides is 1. The number of thioether (sulfide) groups is 1. The lowest BCUT2D eigenvalue weighted by Gasteiger charge is -2.22. The van der Waals surface area contributed by atoms with Crippen LogP contribution >= 0.6 is 11.8 Å². The maximum absolute atomic E-state index is 13.4. The third-order valence-electron chi connectivity index (χ3n) is 6.48. The van der Waals surface area contributed by atoms with Crippen LogP contribution in [0.3, 0.4) is 0 Å². The third kappa shape index (κ3) is 6.40. The zero-order chi connectivity index (χ0) is 24.8. The number of Topliss-reactive ketones (excluding diaryl/α,β-unsaturated/α-hetero) is 1. The van der Waals surface area contributed by atoms with E-state index in [1.165, 1.54) is 18.2 Å². The lowest BCUT2D eigenvalue weighted by Crippen LogP contribution is -2.36. The number of ketones is 1. The topological polar surface area (TPSA) is 81.1 Å². The van der Waals surface area contributed by atoms with Gasteiger partial charge in [0.1, 0.15) is 0 Å². The smallest absolute Gasteiger partial charge is 0.262 e. The van der Waals surface area contributed by atoms with Crippen molar-refractivity contribution in [1.29, 1.82) is 0 Å². The van der Waals surface area contributed by atoms with Crippen LogP contribution in [-0.2, 0) is 6.54 Å². The normalized spacial score (nSPS) is 14.4. The van der Waals surface area contributed by atoms with Gasteiger partial charge in [0.15, 0.2) is 10.9 Å². The lowest BCUT2D eigenvalue weighted by atomic mass is 9.95.